The van der Waals surface area contributed by atoms with Crippen LogP contribution in [0.2, 0.25) is 0 Å². The number of esters is 1. The third kappa shape index (κ3) is 1.90. The zero-order valence-electron chi connectivity index (χ0n) is 9.01. The first kappa shape index (κ1) is 12.7. The molecule has 0 amide bonds. The van der Waals surface area contributed by atoms with E-state index in [4.69, 9.17) is 0 Å². The Kier molecular flexibility index (Phi) is 3.16. The van der Waals surface area contributed by atoms with Crippen LogP contribution in [0, 0.1) is 11.6 Å². The lowest BCUT2D eigenvalue weighted by molar-refractivity contribution is 0.0594. The van der Waals surface area contributed by atoms with E-state index < -0.39 is 28.4 Å². The summed E-state index contributed by atoms with van der Waals surface area (Å²) in [5.74, 6) is -2.57. The first-order valence-electron chi connectivity index (χ1n) is 4.74. The van der Waals surface area contributed by atoms with Crippen LogP contribution in [0.15, 0.2) is 21.4 Å². The van der Waals surface area contributed by atoms with E-state index in [0.29, 0.717) is 0 Å². The van der Waals surface area contributed by atoms with Crippen molar-refractivity contribution in [2.24, 2.45) is 0 Å². The monoisotopic (exact) mass is 317 g/mol. The standard InChI is InChI=1S/C11H6BrF2NO3/c1-18-11(17)6-3-7(16)8-9(14)4(12)2-5(13)10(8)15-6/h2-3H,1H3,(H,15,16). The number of hydrogen-bond acceptors (Lipinski definition) is 3. The molecular formula is C11H6BrF2NO3. The van der Waals surface area contributed by atoms with Gasteiger partial charge in [-0.05, 0) is 22.0 Å². The topological polar surface area (TPSA) is 59.2 Å². The van der Waals surface area contributed by atoms with Gasteiger partial charge in [0.25, 0.3) is 0 Å². The van der Waals surface area contributed by atoms with Crippen LogP contribution in [0.3, 0.4) is 0 Å². The van der Waals surface area contributed by atoms with Gasteiger partial charge < -0.3 is 9.72 Å². The Balaban J connectivity index is 2.91. The zero-order chi connectivity index (χ0) is 13.4. The van der Waals surface area contributed by atoms with Crippen molar-refractivity contribution in [1.29, 1.82) is 0 Å². The summed E-state index contributed by atoms with van der Waals surface area (Å²) < 4.78 is 31.6. The molecule has 7 heteroatoms. The van der Waals surface area contributed by atoms with Crippen LogP contribution in [0.5, 0.6) is 0 Å². The van der Waals surface area contributed by atoms with Gasteiger partial charge in [-0.3, -0.25) is 4.79 Å². The molecule has 2 aromatic rings. The number of benzene rings is 1. The van der Waals surface area contributed by atoms with Gasteiger partial charge in [0.15, 0.2) is 11.2 Å². The number of ether oxygens (including phenoxy) is 1. The van der Waals surface area contributed by atoms with Gasteiger partial charge in [0.05, 0.1) is 22.5 Å². The van der Waals surface area contributed by atoms with Crippen LogP contribution in [0.4, 0.5) is 8.78 Å². The predicted octanol–water partition coefficient (Wildman–Crippen LogP) is 2.36. The fourth-order valence-electron chi connectivity index (χ4n) is 1.54. The van der Waals surface area contributed by atoms with E-state index in [9.17, 15) is 18.4 Å². The molecule has 1 heterocycles. The van der Waals surface area contributed by atoms with Gasteiger partial charge in [-0.25, -0.2) is 13.6 Å². The van der Waals surface area contributed by atoms with E-state index in [1.807, 2.05) is 0 Å². The number of halogens is 3. The summed E-state index contributed by atoms with van der Waals surface area (Å²) in [5.41, 5.74) is -1.42. The van der Waals surface area contributed by atoms with Crippen LogP contribution in [0.1, 0.15) is 10.5 Å². The third-order valence-corrected chi connectivity index (χ3v) is 2.94. The largest absolute Gasteiger partial charge is 0.464 e. The molecule has 0 aliphatic rings. The molecule has 0 unspecified atom stereocenters. The van der Waals surface area contributed by atoms with Gasteiger partial charge in [0.2, 0.25) is 0 Å². The summed E-state index contributed by atoms with van der Waals surface area (Å²) in [5, 5.41) is -0.450. The fraction of sp³-hybridized carbons (Fsp3) is 0.0909. The second-order valence-electron chi connectivity index (χ2n) is 3.44. The minimum atomic E-state index is -0.885. The lowest BCUT2D eigenvalue weighted by Crippen LogP contribution is -2.13. The quantitative estimate of drug-likeness (QED) is 0.649. The normalized spacial score (nSPS) is 10.7. The molecule has 1 aromatic carbocycles. The minimum Gasteiger partial charge on any atom is -0.464 e. The molecule has 94 valence electrons. The van der Waals surface area contributed by atoms with Gasteiger partial charge in [-0.15, -0.1) is 0 Å². The number of nitrogens with one attached hydrogen (secondary N) is 1. The molecule has 2 rings (SSSR count). The van der Waals surface area contributed by atoms with E-state index in [0.717, 1.165) is 19.2 Å². The highest BCUT2D eigenvalue weighted by Crippen LogP contribution is 2.24. The summed E-state index contributed by atoms with van der Waals surface area (Å²) in [6.45, 7) is 0. The lowest BCUT2D eigenvalue weighted by atomic mass is 10.1. The number of aromatic nitrogens is 1. The summed E-state index contributed by atoms with van der Waals surface area (Å²) in [4.78, 5) is 25.3. The lowest BCUT2D eigenvalue weighted by Gasteiger charge is -2.05. The van der Waals surface area contributed by atoms with Gasteiger partial charge in [0, 0.05) is 6.07 Å². The van der Waals surface area contributed by atoms with E-state index >= 15 is 0 Å². The van der Waals surface area contributed by atoms with E-state index in [-0.39, 0.29) is 15.7 Å². The predicted molar refractivity (Wildman–Crippen MR) is 63.5 cm³/mol. The zero-order valence-corrected chi connectivity index (χ0v) is 10.6. The van der Waals surface area contributed by atoms with Crippen molar-refractivity contribution >= 4 is 32.8 Å². The number of methoxy groups -OCH3 is 1. The minimum absolute atomic E-state index is 0.163. The molecule has 4 nitrogen and oxygen atoms in total. The number of rotatable bonds is 1. The number of fused-ring (bicyclic) bond motifs is 1. The fourth-order valence-corrected chi connectivity index (χ4v) is 1.94. The molecule has 0 atom stereocenters. The molecule has 0 saturated heterocycles. The average molecular weight is 318 g/mol. The second-order valence-corrected chi connectivity index (χ2v) is 4.30. The first-order valence-corrected chi connectivity index (χ1v) is 5.54. The molecule has 18 heavy (non-hydrogen) atoms. The number of hydrogen-bond donors (Lipinski definition) is 1. The van der Waals surface area contributed by atoms with Crippen LogP contribution < -0.4 is 5.43 Å². The smallest absolute Gasteiger partial charge is 0.354 e. The Bertz CT molecular complexity index is 711. The van der Waals surface area contributed by atoms with Crippen molar-refractivity contribution in [2.75, 3.05) is 7.11 Å². The third-order valence-electron chi connectivity index (χ3n) is 2.36. The maximum atomic E-state index is 13.7. The molecule has 0 spiro atoms. The Morgan fingerprint density at radius 3 is 2.67 bits per heavy atom. The molecule has 0 aliphatic carbocycles. The number of H-pyrrole nitrogens is 1. The molecule has 0 fully saturated rings. The molecular weight excluding hydrogens is 312 g/mol. The van der Waals surface area contributed by atoms with Crippen LogP contribution in [0.25, 0.3) is 10.9 Å². The number of carbonyl (C=O) groups excluding carboxylic acids is 1. The van der Waals surface area contributed by atoms with Crippen molar-refractivity contribution in [3.05, 3.63) is 44.2 Å². The van der Waals surface area contributed by atoms with Crippen LogP contribution in [-0.4, -0.2) is 18.1 Å². The Morgan fingerprint density at radius 1 is 1.39 bits per heavy atom. The summed E-state index contributed by atoms with van der Waals surface area (Å²) in [6, 6.07) is 1.73. The Labute approximate surface area is 108 Å². The van der Waals surface area contributed by atoms with Gasteiger partial charge in [-0.2, -0.15) is 0 Å². The highest BCUT2D eigenvalue weighted by atomic mass is 79.9. The second kappa shape index (κ2) is 4.49. The Hall–Kier alpha value is -1.76. The highest BCUT2D eigenvalue weighted by molar-refractivity contribution is 9.10. The average Bonchev–Trinajstić information content (AvgIpc) is 2.34. The van der Waals surface area contributed by atoms with Gasteiger partial charge in [-0.1, -0.05) is 0 Å². The maximum Gasteiger partial charge on any atom is 0.354 e. The first-order chi connectivity index (χ1) is 8.45. The van der Waals surface area contributed by atoms with Crippen molar-refractivity contribution in [2.45, 2.75) is 0 Å². The molecule has 0 saturated carbocycles. The number of pyridine rings is 1. The number of aromatic amines is 1. The van der Waals surface area contributed by atoms with Crippen molar-refractivity contribution in [3.8, 4) is 0 Å². The summed E-state index contributed by atoms with van der Waals surface area (Å²) in [6.07, 6.45) is 0. The molecule has 1 N–H and O–H groups in total. The van der Waals surface area contributed by atoms with Crippen LogP contribution in [-0.2, 0) is 4.74 Å². The summed E-state index contributed by atoms with van der Waals surface area (Å²) >= 11 is 2.80. The molecule has 1 aromatic heterocycles. The van der Waals surface area contributed by atoms with Crippen molar-refractivity contribution < 1.29 is 18.3 Å². The van der Waals surface area contributed by atoms with E-state index in [1.165, 1.54) is 0 Å². The SMILES string of the molecule is COC(=O)c1cc(=O)c2c(F)c(Br)cc(F)c2[nH]1. The van der Waals surface area contributed by atoms with Crippen molar-refractivity contribution in [3.63, 3.8) is 0 Å². The Morgan fingerprint density at radius 2 is 2.06 bits per heavy atom. The van der Waals surface area contributed by atoms with E-state index in [1.54, 1.807) is 0 Å². The van der Waals surface area contributed by atoms with Gasteiger partial charge >= 0.3 is 5.97 Å². The number of carbonyl (C=O) groups is 1. The van der Waals surface area contributed by atoms with Crippen molar-refractivity contribution in [1.82, 2.24) is 4.98 Å². The molecule has 0 radical (unpaired) electrons. The highest BCUT2D eigenvalue weighted by Gasteiger charge is 2.17. The van der Waals surface area contributed by atoms with Crippen LogP contribution >= 0.6 is 15.9 Å². The van der Waals surface area contributed by atoms with E-state index in [2.05, 4.69) is 25.7 Å². The maximum absolute atomic E-state index is 13.7. The molecule has 0 bridgehead atoms. The summed E-state index contributed by atoms with van der Waals surface area (Å²) in [7, 11) is 1.11. The van der Waals surface area contributed by atoms with Gasteiger partial charge in [0.1, 0.15) is 11.5 Å². The molecule has 0 aliphatic heterocycles.